The molecule has 2 unspecified atom stereocenters. The van der Waals surface area contributed by atoms with E-state index in [9.17, 15) is 19.0 Å². The van der Waals surface area contributed by atoms with Gasteiger partial charge in [-0.05, 0) is 77.0 Å². The Hall–Kier alpha value is -2.03. The summed E-state index contributed by atoms with van der Waals surface area (Å²) in [6.07, 6.45) is 61.7. The summed E-state index contributed by atoms with van der Waals surface area (Å²) in [6.45, 7) is 4.41. The highest BCUT2D eigenvalue weighted by atomic mass is 31.2. The second-order valence-corrected chi connectivity index (χ2v) is 21.8. The number of esters is 2. The molecule has 2 atom stereocenters. The normalized spacial score (nSPS) is 13.7. The molecule has 0 fully saturated rings. The maximum Gasteiger partial charge on any atom is 0.472 e. The lowest BCUT2D eigenvalue weighted by molar-refractivity contribution is -0.870. The fraction of sp³-hybridized carbons (Fsp3) is 0.828. The van der Waals surface area contributed by atoms with Gasteiger partial charge in [0.1, 0.15) is 19.8 Å². The highest BCUT2D eigenvalue weighted by Gasteiger charge is 2.27. The van der Waals surface area contributed by atoms with Crippen LogP contribution in [0, 0.1) is 0 Å². The Kier molecular flexibility index (Phi) is 48.4. The first-order chi connectivity index (χ1) is 33.0. The predicted molar refractivity (Wildman–Crippen MR) is 289 cm³/mol. The quantitative estimate of drug-likeness (QED) is 0.0211. The number of likely N-dealkylation sites (N-methyl/N-ethyl adjacent to an activating group) is 1. The molecule has 9 nitrogen and oxygen atoms in total. The van der Waals surface area contributed by atoms with Crippen molar-refractivity contribution >= 4 is 19.8 Å². The maximum absolute atomic E-state index is 12.8. The Morgan fingerprint density at radius 1 is 0.456 bits per heavy atom. The molecule has 0 bridgehead atoms. The van der Waals surface area contributed by atoms with Gasteiger partial charge in [-0.25, -0.2) is 4.57 Å². The van der Waals surface area contributed by atoms with Gasteiger partial charge in [-0.1, -0.05) is 217 Å². The fourth-order valence-electron chi connectivity index (χ4n) is 7.90. The SMILES string of the molecule is CCCCC/C=C\C/C=C\CCCCCCCCCC(=O)OCC(COP(=O)(O)OCC[N+](C)(C)C)OC(=O)CCCCCCCCCCCCCCCCC/C=C\C/C=C\CCCCCCC. The summed E-state index contributed by atoms with van der Waals surface area (Å²) < 4.78 is 34.5. The van der Waals surface area contributed by atoms with Crippen molar-refractivity contribution in [1.29, 1.82) is 0 Å². The molecular weight excluding hydrogens is 870 g/mol. The lowest BCUT2D eigenvalue weighted by atomic mass is 10.0. The topological polar surface area (TPSA) is 108 Å². The molecule has 10 heteroatoms. The number of unbranched alkanes of at least 4 members (excludes halogenated alkanes) is 30. The Labute approximate surface area is 420 Å². The van der Waals surface area contributed by atoms with Crippen LogP contribution in [0.15, 0.2) is 48.6 Å². The standard InChI is InChI=1S/C58H108NO8P/c1-6-8-10-12-14-16-18-20-22-24-25-26-27-28-29-30-31-32-33-35-37-39-41-43-45-47-49-51-58(61)67-56(55-66-68(62,63)65-53-52-59(3,4)5)54-64-57(60)50-48-46-44-42-40-38-36-34-23-21-19-17-15-13-11-9-7-2/h15,17-18,20-21,23-25,56H,6-14,16,19,22,26-55H2,1-5H3/p+1/b17-15-,20-18-,23-21-,25-24-. The number of nitrogens with zero attached hydrogens (tertiary/aromatic N) is 1. The van der Waals surface area contributed by atoms with E-state index in [-0.39, 0.29) is 32.0 Å². The van der Waals surface area contributed by atoms with E-state index in [0.717, 1.165) is 57.8 Å². The summed E-state index contributed by atoms with van der Waals surface area (Å²) in [6, 6.07) is 0. The first-order valence-corrected chi connectivity index (χ1v) is 29.9. The number of rotatable bonds is 52. The summed E-state index contributed by atoms with van der Waals surface area (Å²) in [5, 5.41) is 0. The first kappa shape index (κ1) is 66.0. The Bertz CT molecular complexity index is 1290. The van der Waals surface area contributed by atoms with Gasteiger partial charge in [0.2, 0.25) is 0 Å². The smallest absolute Gasteiger partial charge is 0.462 e. The van der Waals surface area contributed by atoms with Crippen molar-refractivity contribution in [3.8, 4) is 0 Å². The molecule has 0 saturated heterocycles. The molecule has 0 rings (SSSR count). The van der Waals surface area contributed by atoms with E-state index in [1.165, 1.54) is 167 Å². The molecule has 0 heterocycles. The van der Waals surface area contributed by atoms with Crippen molar-refractivity contribution < 1.29 is 42.1 Å². The number of quaternary nitrogens is 1. The summed E-state index contributed by atoms with van der Waals surface area (Å²) >= 11 is 0. The van der Waals surface area contributed by atoms with Gasteiger partial charge in [-0.15, -0.1) is 0 Å². The number of carbonyl (C=O) groups is 2. The van der Waals surface area contributed by atoms with Crippen LogP contribution in [-0.2, 0) is 32.7 Å². The van der Waals surface area contributed by atoms with Crippen molar-refractivity contribution in [3.63, 3.8) is 0 Å². The maximum atomic E-state index is 12.8. The molecular formula is C58H109NO8P+. The number of phosphoric ester groups is 1. The van der Waals surface area contributed by atoms with Crippen LogP contribution in [0.2, 0.25) is 0 Å². The average Bonchev–Trinajstić information content (AvgIpc) is 3.30. The first-order valence-electron chi connectivity index (χ1n) is 28.4. The number of hydrogen-bond acceptors (Lipinski definition) is 7. The summed E-state index contributed by atoms with van der Waals surface area (Å²) in [4.78, 5) is 35.6. The zero-order valence-corrected chi connectivity index (χ0v) is 46.0. The van der Waals surface area contributed by atoms with E-state index in [1.807, 2.05) is 21.1 Å². The van der Waals surface area contributed by atoms with Crippen LogP contribution in [-0.4, -0.2) is 74.9 Å². The molecule has 398 valence electrons. The fourth-order valence-corrected chi connectivity index (χ4v) is 8.64. The minimum Gasteiger partial charge on any atom is -0.462 e. The number of ether oxygens (including phenoxy) is 2. The number of carbonyl (C=O) groups excluding carboxylic acids is 2. The Morgan fingerprint density at radius 3 is 1.19 bits per heavy atom. The van der Waals surface area contributed by atoms with Crippen LogP contribution in [0.5, 0.6) is 0 Å². The number of hydrogen-bond donors (Lipinski definition) is 1. The third-order valence-electron chi connectivity index (χ3n) is 12.3. The minimum absolute atomic E-state index is 0.0302. The summed E-state index contributed by atoms with van der Waals surface area (Å²) in [7, 11) is 1.48. The lowest BCUT2D eigenvalue weighted by Crippen LogP contribution is -2.37. The van der Waals surface area contributed by atoms with Crippen molar-refractivity contribution in [1.82, 2.24) is 0 Å². The van der Waals surface area contributed by atoms with E-state index in [0.29, 0.717) is 17.4 Å². The largest absolute Gasteiger partial charge is 0.472 e. The Balaban J connectivity index is 4.14. The van der Waals surface area contributed by atoms with Gasteiger partial charge in [0.15, 0.2) is 6.10 Å². The highest BCUT2D eigenvalue weighted by molar-refractivity contribution is 7.47. The van der Waals surface area contributed by atoms with Crippen molar-refractivity contribution in [2.45, 2.75) is 264 Å². The molecule has 0 aliphatic heterocycles. The van der Waals surface area contributed by atoms with Gasteiger partial charge in [-0.3, -0.25) is 18.6 Å². The van der Waals surface area contributed by atoms with Crippen LogP contribution < -0.4 is 0 Å². The van der Waals surface area contributed by atoms with Gasteiger partial charge in [0.25, 0.3) is 0 Å². The molecule has 0 aliphatic rings. The molecule has 0 aliphatic carbocycles. The highest BCUT2D eigenvalue weighted by Crippen LogP contribution is 2.43. The van der Waals surface area contributed by atoms with E-state index >= 15 is 0 Å². The molecule has 0 saturated carbocycles. The Morgan fingerprint density at radius 2 is 0.794 bits per heavy atom. The van der Waals surface area contributed by atoms with E-state index in [4.69, 9.17) is 18.5 Å². The monoisotopic (exact) mass is 979 g/mol. The molecule has 0 amide bonds. The van der Waals surface area contributed by atoms with Gasteiger partial charge in [0, 0.05) is 12.8 Å². The van der Waals surface area contributed by atoms with Crippen LogP contribution in [0.25, 0.3) is 0 Å². The zero-order valence-electron chi connectivity index (χ0n) is 45.1. The number of allylic oxidation sites excluding steroid dienone is 8. The molecule has 0 aromatic rings. The predicted octanol–water partition coefficient (Wildman–Crippen LogP) is 17.4. The van der Waals surface area contributed by atoms with Crippen LogP contribution in [0.4, 0.5) is 0 Å². The van der Waals surface area contributed by atoms with Gasteiger partial charge >= 0.3 is 19.8 Å². The third kappa shape index (κ3) is 53.3. The second-order valence-electron chi connectivity index (χ2n) is 20.3. The summed E-state index contributed by atoms with van der Waals surface area (Å²) in [5.41, 5.74) is 0. The average molecular weight is 979 g/mol. The van der Waals surface area contributed by atoms with Crippen molar-refractivity contribution in [3.05, 3.63) is 48.6 Å². The summed E-state index contributed by atoms with van der Waals surface area (Å²) in [5.74, 6) is -0.799. The molecule has 0 aromatic heterocycles. The van der Waals surface area contributed by atoms with Crippen LogP contribution in [0.3, 0.4) is 0 Å². The third-order valence-corrected chi connectivity index (χ3v) is 13.3. The second kappa shape index (κ2) is 49.9. The van der Waals surface area contributed by atoms with Gasteiger partial charge < -0.3 is 18.9 Å². The number of phosphoric acid groups is 1. The minimum atomic E-state index is -4.39. The zero-order chi connectivity index (χ0) is 49.9. The lowest BCUT2D eigenvalue weighted by Gasteiger charge is -2.24. The van der Waals surface area contributed by atoms with E-state index in [1.54, 1.807) is 0 Å². The van der Waals surface area contributed by atoms with Crippen LogP contribution >= 0.6 is 7.82 Å². The van der Waals surface area contributed by atoms with Crippen LogP contribution in [0.1, 0.15) is 258 Å². The van der Waals surface area contributed by atoms with Gasteiger partial charge in [0.05, 0.1) is 27.7 Å². The molecule has 0 radical (unpaired) electrons. The molecule has 1 N–H and O–H groups in total. The van der Waals surface area contributed by atoms with Crippen molar-refractivity contribution in [2.24, 2.45) is 0 Å². The molecule has 0 aromatic carbocycles. The van der Waals surface area contributed by atoms with E-state index < -0.39 is 26.5 Å². The molecule has 68 heavy (non-hydrogen) atoms. The van der Waals surface area contributed by atoms with E-state index in [2.05, 4.69) is 62.5 Å². The van der Waals surface area contributed by atoms with Crippen molar-refractivity contribution in [2.75, 3.05) is 47.5 Å². The molecule has 0 spiro atoms. The van der Waals surface area contributed by atoms with Gasteiger partial charge in [-0.2, -0.15) is 0 Å².